The summed E-state index contributed by atoms with van der Waals surface area (Å²) in [5.74, 6) is -0.0466. The Morgan fingerprint density at radius 2 is 1.56 bits per heavy atom. The summed E-state index contributed by atoms with van der Waals surface area (Å²) in [6.45, 7) is 2.17. The molecule has 0 unspecified atom stereocenters. The molecule has 0 fully saturated rings. The molecule has 9 nitrogen and oxygen atoms in total. The summed E-state index contributed by atoms with van der Waals surface area (Å²) in [4.78, 5) is 37.8. The van der Waals surface area contributed by atoms with Gasteiger partial charge in [0.1, 0.15) is 5.75 Å². The molecule has 4 aromatic rings. The van der Waals surface area contributed by atoms with Gasteiger partial charge in [0.15, 0.2) is 11.5 Å². The van der Waals surface area contributed by atoms with E-state index >= 15 is 0 Å². The smallest absolute Gasteiger partial charge is 0.343 e. The van der Waals surface area contributed by atoms with Crippen LogP contribution in [0.2, 0.25) is 0 Å². The van der Waals surface area contributed by atoms with E-state index in [1.165, 1.54) is 6.21 Å². The first-order valence-electron chi connectivity index (χ1n) is 12.5. The molecule has 0 aliphatic heterocycles. The van der Waals surface area contributed by atoms with Crippen LogP contribution in [0.5, 0.6) is 17.2 Å². The van der Waals surface area contributed by atoms with Crippen molar-refractivity contribution in [2.75, 3.05) is 19.0 Å². The second-order valence-electron chi connectivity index (χ2n) is 8.50. The van der Waals surface area contributed by atoms with Gasteiger partial charge < -0.3 is 19.5 Å². The zero-order chi connectivity index (χ0) is 29.2. The van der Waals surface area contributed by atoms with Crippen molar-refractivity contribution in [2.24, 2.45) is 5.10 Å². The van der Waals surface area contributed by atoms with Gasteiger partial charge in [0.25, 0.3) is 11.8 Å². The zero-order valence-corrected chi connectivity index (χ0v) is 23.8. The molecule has 0 radical (unpaired) electrons. The molecule has 0 spiro atoms. The maximum Gasteiger partial charge on any atom is 0.343 e. The predicted octanol–water partition coefficient (Wildman–Crippen LogP) is 6.09. The number of hydrogen-bond donors (Lipinski definition) is 2. The summed E-state index contributed by atoms with van der Waals surface area (Å²) < 4.78 is 17.1. The van der Waals surface area contributed by atoms with E-state index in [0.29, 0.717) is 46.0 Å². The minimum atomic E-state index is -0.519. The number of halogens is 1. The minimum absolute atomic E-state index is 0.259. The van der Waals surface area contributed by atoms with Crippen LogP contribution in [0.25, 0.3) is 0 Å². The zero-order valence-electron chi connectivity index (χ0n) is 22.2. The molecule has 0 atom stereocenters. The predicted molar refractivity (Wildman–Crippen MR) is 159 cm³/mol. The van der Waals surface area contributed by atoms with Crippen LogP contribution in [0.3, 0.4) is 0 Å². The monoisotopic (exact) mass is 615 g/mol. The largest absolute Gasteiger partial charge is 0.497 e. The Hall–Kier alpha value is -4.96. The fourth-order valence-corrected chi connectivity index (χ4v) is 3.88. The highest BCUT2D eigenvalue weighted by molar-refractivity contribution is 9.10. The van der Waals surface area contributed by atoms with Crippen LogP contribution in [0.1, 0.15) is 43.6 Å². The fraction of sp³-hybridized carbons (Fsp3) is 0.0968. The highest BCUT2D eigenvalue weighted by Crippen LogP contribution is 2.29. The summed E-state index contributed by atoms with van der Waals surface area (Å²) in [5, 5.41) is 6.80. The molecule has 0 saturated heterocycles. The SMILES string of the molecule is CCOc1cc(C=NNC(=O)c2cccc(NC(=O)c3ccc(OC)cc3)c2)ccc1OC(=O)c1ccc(Br)cc1. The van der Waals surface area contributed by atoms with Crippen molar-refractivity contribution in [3.8, 4) is 17.2 Å². The van der Waals surface area contributed by atoms with E-state index in [4.69, 9.17) is 14.2 Å². The Kier molecular flexibility index (Phi) is 9.85. The molecule has 4 aromatic carbocycles. The molecule has 0 aliphatic rings. The van der Waals surface area contributed by atoms with E-state index in [2.05, 4.69) is 31.8 Å². The quantitative estimate of drug-likeness (QED) is 0.0965. The topological polar surface area (TPSA) is 115 Å². The molecule has 0 aromatic heterocycles. The maximum atomic E-state index is 12.7. The molecular formula is C31H26BrN3O6. The number of anilines is 1. The standard InChI is InChI=1S/C31H26BrN3O6/c1-3-40-28-17-20(7-16-27(28)41-31(38)22-8-12-24(32)13-9-22)19-33-35-30(37)23-5-4-6-25(18-23)34-29(36)21-10-14-26(39-2)15-11-21/h4-19H,3H2,1-2H3,(H,34,36)(H,35,37). The Bertz CT molecular complexity index is 1570. The van der Waals surface area contributed by atoms with Crippen molar-refractivity contribution in [3.05, 3.63) is 118 Å². The number of hydrogen-bond acceptors (Lipinski definition) is 7. The van der Waals surface area contributed by atoms with Gasteiger partial charge in [-0.15, -0.1) is 0 Å². The number of carbonyl (C=O) groups is 3. The number of carbonyl (C=O) groups excluding carboxylic acids is 3. The third-order valence-electron chi connectivity index (χ3n) is 5.66. The number of rotatable bonds is 10. The lowest BCUT2D eigenvalue weighted by Gasteiger charge is -2.11. The van der Waals surface area contributed by atoms with Crippen LogP contribution < -0.4 is 25.0 Å². The first kappa shape index (κ1) is 29.0. The lowest BCUT2D eigenvalue weighted by atomic mass is 10.1. The number of benzene rings is 4. The third kappa shape index (κ3) is 8.02. The molecule has 208 valence electrons. The van der Waals surface area contributed by atoms with Crippen LogP contribution in [0, 0.1) is 0 Å². The summed E-state index contributed by atoms with van der Waals surface area (Å²) in [7, 11) is 1.55. The summed E-state index contributed by atoms with van der Waals surface area (Å²) in [5.41, 5.74) is 4.69. The second-order valence-corrected chi connectivity index (χ2v) is 9.41. The van der Waals surface area contributed by atoms with Gasteiger partial charge in [0.2, 0.25) is 0 Å². The lowest BCUT2D eigenvalue weighted by molar-refractivity contribution is 0.0728. The van der Waals surface area contributed by atoms with E-state index in [0.717, 1.165) is 4.47 Å². The molecule has 10 heteroatoms. The highest BCUT2D eigenvalue weighted by atomic mass is 79.9. The number of nitrogens with one attached hydrogen (secondary N) is 2. The van der Waals surface area contributed by atoms with Gasteiger partial charge in [-0.05, 0) is 97.4 Å². The van der Waals surface area contributed by atoms with Crippen LogP contribution in [0.15, 0.2) is 101 Å². The summed E-state index contributed by atoms with van der Waals surface area (Å²) >= 11 is 3.34. The third-order valence-corrected chi connectivity index (χ3v) is 6.19. The van der Waals surface area contributed by atoms with Crippen molar-refractivity contribution in [3.63, 3.8) is 0 Å². The average molecular weight is 616 g/mol. The van der Waals surface area contributed by atoms with E-state index in [1.54, 1.807) is 98.1 Å². The first-order chi connectivity index (χ1) is 19.9. The Labute approximate surface area is 245 Å². The number of esters is 1. The molecule has 4 rings (SSSR count). The average Bonchev–Trinajstić information content (AvgIpc) is 2.99. The molecule has 0 heterocycles. The van der Waals surface area contributed by atoms with Gasteiger partial charge in [-0.2, -0.15) is 5.10 Å². The van der Waals surface area contributed by atoms with E-state index in [1.807, 2.05) is 6.92 Å². The molecule has 2 N–H and O–H groups in total. The van der Waals surface area contributed by atoms with Crippen molar-refractivity contribution >= 4 is 45.6 Å². The molecule has 41 heavy (non-hydrogen) atoms. The first-order valence-corrected chi connectivity index (χ1v) is 13.3. The maximum absolute atomic E-state index is 12.7. The van der Waals surface area contributed by atoms with Crippen molar-refractivity contribution in [1.82, 2.24) is 5.43 Å². The summed E-state index contributed by atoms with van der Waals surface area (Å²) in [6, 6.07) is 24.9. The van der Waals surface area contributed by atoms with Gasteiger partial charge >= 0.3 is 5.97 Å². The number of hydrazone groups is 1. The van der Waals surface area contributed by atoms with Crippen molar-refractivity contribution in [2.45, 2.75) is 6.92 Å². The van der Waals surface area contributed by atoms with Gasteiger partial charge in [-0.1, -0.05) is 22.0 Å². The highest BCUT2D eigenvalue weighted by Gasteiger charge is 2.14. The van der Waals surface area contributed by atoms with E-state index in [9.17, 15) is 14.4 Å². The Balaban J connectivity index is 1.38. The normalized spacial score (nSPS) is 10.6. The van der Waals surface area contributed by atoms with Crippen molar-refractivity contribution in [1.29, 1.82) is 0 Å². The van der Waals surface area contributed by atoms with Crippen LogP contribution >= 0.6 is 15.9 Å². The molecular weight excluding hydrogens is 590 g/mol. The van der Waals surface area contributed by atoms with Gasteiger partial charge in [-0.3, -0.25) is 9.59 Å². The lowest BCUT2D eigenvalue weighted by Crippen LogP contribution is -2.18. The van der Waals surface area contributed by atoms with Crippen LogP contribution in [-0.4, -0.2) is 37.7 Å². The molecule has 0 bridgehead atoms. The van der Waals surface area contributed by atoms with Crippen LogP contribution in [-0.2, 0) is 0 Å². The van der Waals surface area contributed by atoms with E-state index < -0.39 is 11.9 Å². The number of nitrogens with zero attached hydrogens (tertiary/aromatic N) is 1. The number of methoxy groups -OCH3 is 1. The number of ether oxygens (including phenoxy) is 3. The van der Waals surface area contributed by atoms with Gasteiger partial charge in [0, 0.05) is 21.3 Å². The second kappa shape index (κ2) is 13.9. The Morgan fingerprint density at radius 1 is 0.829 bits per heavy atom. The molecule has 0 aliphatic carbocycles. The van der Waals surface area contributed by atoms with Gasteiger partial charge in [0.05, 0.1) is 25.5 Å². The molecule has 0 saturated carbocycles. The minimum Gasteiger partial charge on any atom is -0.497 e. The Morgan fingerprint density at radius 3 is 2.27 bits per heavy atom. The van der Waals surface area contributed by atoms with Gasteiger partial charge in [-0.25, -0.2) is 10.2 Å². The fourth-order valence-electron chi connectivity index (χ4n) is 3.62. The molecule has 2 amide bonds. The summed E-state index contributed by atoms with van der Waals surface area (Å²) in [6.07, 6.45) is 1.44. The number of amides is 2. The van der Waals surface area contributed by atoms with Crippen molar-refractivity contribution < 1.29 is 28.6 Å². The van der Waals surface area contributed by atoms with Crippen LogP contribution in [0.4, 0.5) is 5.69 Å². The van der Waals surface area contributed by atoms with E-state index in [-0.39, 0.29) is 11.7 Å².